The van der Waals surface area contributed by atoms with E-state index < -0.39 is 6.29 Å². The molecule has 0 spiro atoms. The number of fused-ring (bicyclic) bond motifs is 1. The van der Waals surface area contributed by atoms with Crippen molar-refractivity contribution >= 4 is 11.4 Å². The molecule has 1 heterocycles. The van der Waals surface area contributed by atoms with E-state index in [4.69, 9.17) is 5.73 Å². The maximum Gasteiger partial charge on any atom is 0.197 e. The lowest BCUT2D eigenvalue weighted by atomic mass is 9.99. The van der Waals surface area contributed by atoms with E-state index in [1.165, 1.54) is 0 Å². The van der Waals surface area contributed by atoms with Crippen LogP contribution in [0.3, 0.4) is 0 Å². The van der Waals surface area contributed by atoms with Gasteiger partial charge < -0.3 is 0 Å². The highest BCUT2D eigenvalue weighted by atomic mass is 16.5. The fourth-order valence-electron chi connectivity index (χ4n) is 2.10. The van der Waals surface area contributed by atoms with Gasteiger partial charge in [-0.2, -0.15) is 0 Å². The minimum absolute atomic E-state index is 0.679. The fourth-order valence-corrected chi connectivity index (χ4v) is 2.10. The first-order chi connectivity index (χ1) is 8.77. The summed E-state index contributed by atoms with van der Waals surface area (Å²) in [6.45, 7) is 0. The number of hydroxylamine groups is 1. The molecule has 0 amide bonds. The Hall–Kier alpha value is -2.17. The molecule has 0 aromatic heterocycles. The molecule has 4 heteroatoms. The molecule has 2 aromatic carbocycles. The molecular formula is C14H13N3O. The van der Waals surface area contributed by atoms with Gasteiger partial charge in [-0.05, 0) is 6.07 Å². The van der Waals surface area contributed by atoms with Crippen molar-refractivity contribution in [1.82, 2.24) is 0 Å². The zero-order valence-corrected chi connectivity index (χ0v) is 9.69. The van der Waals surface area contributed by atoms with Crippen molar-refractivity contribution in [3.8, 4) is 0 Å². The van der Waals surface area contributed by atoms with Crippen LogP contribution in [0.2, 0.25) is 0 Å². The first kappa shape index (κ1) is 11.0. The van der Waals surface area contributed by atoms with E-state index in [9.17, 15) is 5.21 Å². The van der Waals surface area contributed by atoms with Gasteiger partial charge in [0.15, 0.2) is 6.29 Å². The Bertz CT molecular complexity index is 595. The van der Waals surface area contributed by atoms with Gasteiger partial charge in [0.05, 0.1) is 11.4 Å². The summed E-state index contributed by atoms with van der Waals surface area (Å²) in [5.41, 5.74) is 9.17. The molecule has 4 nitrogen and oxygen atoms in total. The molecule has 1 unspecified atom stereocenters. The van der Waals surface area contributed by atoms with E-state index in [1.807, 2.05) is 54.6 Å². The van der Waals surface area contributed by atoms with Crippen LogP contribution in [0.4, 0.5) is 5.69 Å². The lowest BCUT2D eigenvalue weighted by molar-refractivity contribution is 0.218. The van der Waals surface area contributed by atoms with Gasteiger partial charge in [-0.25, -0.2) is 10.1 Å². The molecule has 0 fully saturated rings. The summed E-state index contributed by atoms with van der Waals surface area (Å²) in [5.74, 6) is 0. The summed E-state index contributed by atoms with van der Waals surface area (Å²) >= 11 is 0. The SMILES string of the molecule is NC1N=C(c2ccccc2)c2ccccc2N1O. The van der Waals surface area contributed by atoms with Crippen LogP contribution in [0.15, 0.2) is 59.6 Å². The summed E-state index contributed by atoms with van der Waals surface area (Å²) in [6.07, 6.45) is -0.768. The summed E-state index contributed by atoms with van der Waals surface area (Å²) in [5, 5.41) is 10.9. The van der Waals surface area contributed by atoms with Crippen molar-refractivity contribution in [1.29, 1.82) is 0 Å². The summed E-state index contributed by atoms with van der Waals surface area (Å²) in [6, 6.07) is 17.4. The predicted octanol–water partition coefficient (Wildman–Crippen LogP) is 1.98. The minimum atomic E-state index is -0.768. The van der Waals surface area contributed by atoms with Crippen LogP contribution in [0.25, 0.3) is 0 Å². The highest BCUT2D eigenvalue weighted by Gasteiger charge is 2.24. The Labute approximate surface area is 105 Å². The van der Waals surface area contributed by atoms with Crippen molar-refractivity contribution in [3.63, 3.8) is 0 Å². The molecule has 1 aliphatic rings. The van der Waals surface area contributed by atoms with Crippen molar-refractivity contribution < 1.29 is 5.21 Å². The molecule has 18 heavy (non-hydrogen) atoms. The first-order valence-corrected chi connectivity index (χ1v) is 5.73. The number of nitrogens with two attached hydrogens (primary N) is 1. The summed E-state index contributed by atoms with van der Waals surface area (Å²) in [4.78, 5) is 4.35. The van der Waals surface area contributed by atoms with Gasteiger partial charge in [-0.3, -0.25) is 10.9 Å². The average molecular weight is 239 g/mol. The van der Waals surface area contributed by atoms with E-state index >= 15 is 0 Å². The Balaban J connectivity index is 2.18. The topological polar surface area (TPSA) is 61.8 Å². The molecule has 1 atom stereocenters. The molecule has 0 saturated carbocycles. The molecule has 3 N–H and O–H groups in total. The predicted molar refractivity (Wildman–Crippen MR) is 70.8 cm³/mol. The zero-order chi connectivity index (χ0) is 12.5. The van der Waals surface area contributed by atoms with Gasteiger partial charge in [0.25, 0.3) is 0 Å². The lowest BCUT2D eigenvalue weighted by Gasteiger charge is -2.29. The van der Waals surface area contributed by atoms with Crippen LogP contribution in [-0.2, 0) is 0 Å². The smallest absolute Gasteiger partial charge is 0.197 e. The molecule has 0 bridgehead atoms. The third kappa shape index (κ3) is 1.68. The van der Waals surface area contributed by atoms with Crippen LogP contribution in [-0.4, -0.2) is 17.2 Å². The van der Waals surface area contributed by atoms with Crippen LogP contribution in [0.1, 0.15) is 11.1 Å². The molecule has 0 aliphatic carbocycles. The highest BCUT2D eigenvalue weighted by molar-refractivity contribution is 6.16. The molecule has 1 aliphatic heterocycles. The van der Waals surface area contributed by atoms with E-state index in [2.05, 4.69) is 4.99 Å². The van der Waals surface area contributed by atoms with Crippen LogP contribution < -0.4 is 10.8 Å². The molecule has 0 radical (unpaired) electrons. The number of hydrogen-bond donors (Lipinski definition) is 2. The lowest BCUT2D eigenvalue weighted by Crippen LogP contribution is -2.42. The third-order valence-corrected chi connectivity index (χ3v) is 2.97. The Morgan fingerprint density at radius 3 is 2.44 bits per heavy atom. The molecule has 0 saturated heterocycles. The highest BCUT2D eigenvalue weighted by Crippen LogP contribution is 2.27. The van der Waals surface area contributed by atoms with Crippen molar-refractivity contribution in [2.45, 2.75) is 6.29 Å². The summed E-state index contributed by atoms with van der Waals surface area (Å²) in [7, 11) is 0. The second-order valence-corrected chi connectivity index (χ2v) is 4.12. The molecule has 3 rings (SSSR count). The maximum absolute atomic E-state index is 9.90. The number of nitrogens with zero attached hydrogens (tertiary/aromatic N) is 2. The minimum Gasteiger partial charge on any atom is -0.291 e. The van der Waals surface area contributed by atoms with Gasteiger partial charge in [0.1, 0.15) is 0 Å². The zero-order valence-electron chi connectivity index (χ0n) is 9.69. The van der Waals surface area contributed by atoms with Crippen LogP contribution in [0, 0.1) is 0 Å². The van der Waals surface area contributed by atoms with Gasteiger partial charge >= 0.3 is 0 Å². The quantitative estimate of drug-likeness (QED) is 0.799. The fraction of sp³-hybridized carbons (Fsp3) is 0.0714. The summed E-state index contributed by atoms with van der Waals surface area (Å²) < 4.78 is 0. The monoisotopic (exact) mass is 239 g/mol. The molecule has 90 valence electrons. The van der Waals surface area contributed by atoms with Crippen LogP contribution >= 0.6 is 0 Å². The number of benzene rings is 2. The number of anilines is 1. The van der Waals surface area contributed by atoms with Gasteiger partial charge in [-0.15, -0.1) is 0 Å². The second-order valence-electron chi connectivity index (χ2n) is 4.12. The molecular weight excluding hydrogens is 226 g/mol. The van der Waals surface area contributed by atoms with Gasteiger partial charge in [0, 0.05) is 11.1 Å². The molecule has 2 aromatic rings. The largest absolute Gasteiger partial charge is 0.291 e. The second kappa shape index (κ2) is 4.25. The van der Waals surface area contributed by atoms with E-state index in [1.54, 1.807) is 0 Å². The Kier molecular flexibility index (Phi) is 2.59. The third-order valence-electron chi connectivity index (χ3n) is 2.97. The number of hydrogen-bond acceptors (Lipinski definition) is 4. The first-order valence-electron chi connectivity index (χ1n) is 5.73. The van der Waals surface area contributed by atoms with Crippen LogP contribution in [0.5, 0.6) is 0 Å². The number of rotatable bonds is 1. The van der Waals surface area contributed by atoms with Crippen molar-refractivity contribution in [2.75, 3.05) is 5.06 Å². The van der Waals surface area contributed by atoms with E-state index in [0.29, 0.717) is 5.69 Å². The average Bonchev–Trinajstić information content (AvgIpc) is 2.44. The van der Waals surface area contributed by atoms with E-state index in [-0.39, 0.29) is 0 Å². The van der Waals surface area contributed by atoms with Gasteiger partial charge in [-0.1, -0.05) is 48.5 Å². The Morgan fingerprint density at radius 2 is 1.67 bits per heavy atom. The normalized spacial score (nSPS) is 18.2. The van der Waals surface area contributed by atoms with Crippen molar-refractivity contribution in [3.05, 3.63) is 65.7 Å². The standard InChI is InChI=1S/C14H13N3O/c15-14-16-13(10-6-2-1-3-7-10)11-8-4-5-9-12(11)17(14)18/h1-9,14,18H,15H2. The van der Waals surface area contributed by atoms with Gasteiger partial charge in [0.2, 0.25) is 0 Å². The number of aliphatic imine (C=N–C) groups is 1. The maximum atomic E-state index is 9.90. The van der Waals surface area contributed by atoms with E-state index in [0.717, 1.165) is 21.9 Å². The Morgan fingerprint density at radius 1 is 1.00 bits per heavy atom. The number of para-hydroxylation sites is 1. The van der Waals surface area contributed by atoms with Crippen molar-refractivity contribution in [2.24, 2.45) is 10.7 Å².